The Morgan fingerprint density at radius 1 is 1.41 bits per heavy atom. The van der Waals surface area contributed by atoms with Crippen molar-refractivity contribution < 1.29 is 14.3 Å². The number of nitrogens with one attached hydrogen (secondary N) is 2. The molecule has 1 aromatic carbocycles. The quantitative estimate of drug-likeness (QED) is 0.868. The second kappa shape index (κ2) is 7.15. The van der Waals surface area contributed by atoms with Crippen molar-refractivity contribution in [2.45, 2.75) is 51.9 Å². The summed E-state index contributed by atoms with van der Waals surface area (Å²) in [5, 5.41) is 10.1. The standard InChI is InChI=1S/C20H24N4O3/c1-12-9-16-18(13(2)27-12)22-23-19(16)20(26)21-11-14-5-3-6-15(10-14)24-8-4-7-17(24)25/h3,5-6,10,12-13H,4,7-9,11H2,1-2H3,(H,21,26)(H,22,23)/t12-,13+/m1/s1. The molecule has 4 rings (SSSR count). The summed E-state index contributed by atoms with van der Waals surface area (Å²) in [7, 11) is 0. The Morgan fingerprint density at radius 2 is 2.26 bits per heavy atom. The molecule has 1 saturated heterocycles. The van der Waals surface area contributed by atoms with Crippen molar-refractivity contribution in [3.05, 3.63) is 46.8 Å². The summed E-state index contributed by atoms with van der Waals surface area (Å²) in [6.45, 7) is 5.10. The molecule has 27 heavy (non-hydrogen) atoms. The van der Waals surface area contributed by atoms with Gasteiger partial charge in [0.1, 0.15) is 0 Å². The van der Waals surface area contributed by atoms with Crippen LogP contribution in [0.5, 0.6) is 0 Å². The molecular formula is C20H24N4O3. The summed E-state index contributed by atoms with van der Waals surface area (Å²) >= 11 is 0. The minimum atomic E-state index is -0.198. The van der Waals surface area contributed by atoms with Gasteiger partial charge in [0.25, 0.3) is 5.91 Å². The minimum absolute atomic E-state index is 0.0614. The van der Waals surface area contributed by atoms with Gasteiger partial charge in [-0.1, -0.05) is 12.1 Å². The molecule has 2 aliphatic rings. The van der Waals surface area contributed by atoms with Gasteiger partial charge in [-0.25, -0.2) is 0 Å². The normalized spacial score (nSPS) is 22.0. The third kappa shape index (κ3) is 3.47. The number of carbonyl (C=O) groups excluding carboxylic acids is 2. The van der Waals surface area contributed by atoms with Gasteiger partial charge in [-0.05, 0) is 38.0 Å². The van der Waals surface area contributed by atoms with Crippen molar-refractivity contribution in [3.63, 3.8) is 0 Å². The monoisotopic (exact) mass is 368 g/mol. The molecule has 0 bridgehead atoms. The van der Waals surface area contributed by atoms with Gasteiger partial charge in [0.2, 0.25) is 5.91 Å². The number of hydrogen-bond acceptors (Lipinski definition) is 4. The lowest BCUT2D eigenvalue weighted by atomic mass is 9.99. The fraction of sp³-hybridized carbons (Fsp3) is 0.450. The lowest BCUT2D eigenvalue weighted by Crippen LogP contribution is -2.27. The Kier molecular flexibility index (Phi) is 4.70. The minimum Gasteiger partial charge on any atom is -0.369 e. The largest absolute Gasteiger partial charge is 0.369 e. The molecule has 0 aliphatic carbocycles. The number of nitrogens with zero attached hydrogens (tertiary/aromatic N) is 2. The summed E-state index contributed by atoms with van der Waals surface area (Å²) in [4.78, 5) is 26.4. The first-order valence-corrected chi connectivity index (χ1v) is 9.43. The molecule has 0 saturated carbocycles. The highest BCUT2D eigenvalue weighted by Gasteiger charge is 2.29. The Labute approximate surface area is 158 Å². The van der Waals surface area contributed by atoms with Crippen LogP contribution in [0, 0.1) is 0 Å². The highest BCUT2D eigenvalue weighted by atomic mass is 16.5. The van der Waals surface area contributed by atoms with Gasteiger partial charge in [0, 0.05) is 37.2 Å². The summed E-state index contributed by atoms with van der Waals surface area (Å²) < 4.78 is 5.77. The van der Waals surface area contributed by atoms with E-state index in [-0.39, 0.29) is 24.0 Å². The maximum atomic E-state index is 12.7. The van der Waals surface area contributed by atoms with Crippen molar-refractivity contribution >= 4 is 17.5 Å². The van der Waals surface area contributed by atoms with Crippen LogP contribution >= 0.6 is 0 Å². The number of aromatic amines is 1. The van der Waals surface area contributed by atoms with Crippen LogP contribution in [0.25, 0.3) is 0 Å². The van der Waals surface area contributed by atoms with E-state index in [9.17, 15) is 9.59 Å². The number of anilines is 1. The molecular weight excluding hydrogens is 344 g/mol. The average Bonchev–Trinajstić information content (AvgIpc) is 3.26. The summed E-state index contributed by atoms with van der Waals surface area (Å²) in [5.41, 5.74) is 4.11. The molecule has 142 valence electrons. The van der Waals surface area contributed by atoms with Gasteiger partial charge >= 0.3 is 0 Å². The van der Waals surface area contributed by atoms with Crippen LogP contribution < -0.4 is 10.2 Å². The van der Waals surface area contributed by atoms with Gasteiger partial charge in [0.05, 0.1) is 17.9 Å². The lowest BCUT2D eigenvalue weighted by molar-refractivity contribution is -0.117. The number of benzene rings is 1. The zero-order valence-corrected chi connectivity index (χ0v) is 15.6. The SMILES string of the molecule is C[C@@H]1Cc2c(C(=O)NCc3cccc(N4CCCC4=O)c3)n[nH]c2[C@H](C)O1. The first-order valence-electron chi connectivity index (χ1n) is 9.43. The van der Waals surface area contributed by atoms with Gasteiger partial charge < -0.3 is 15.0 Å². The first kappa shape index (κ1) is 17.7. The number of amides is 2. The van der Waals surface area contributed by atoms with Crippen LogP contribution in [0.2, 0.25) is 0 Å². The molecule has 0 spiro atoms. The zero-order valence-electron chi connectivity index (χ0n) is 15.6. The lowest BCUT2D eigenvalue weighted by Gasteiger charge is -2.25. The molecule has 7 heteroatoms. The molecule has 0 radical (unpaired) electrons. The van der Waals surface area contributed by atoms with Crippen LogP contribution in [0.1, 0.15) is 60.1 Å². The Hall–Kier alpha value is -2.67. The molecule has 2 aliphatic heterocycles. The topological polar surface area (TPSA) is 87.3 Å². The average molecular weight is 368 g/mol. The van der Waals surface area contributed by atoms with Gasteiger partial charge in [-0.15, -0.1) is 0 Å². The van der Waals surface area contributed by atoms with E-state index in [0.717, 1.165) is 35.5 Å². The first-order chi connectivity index (χ1) is 13.0. The number of hydrogen-bond donors (Lipinski definition) is 2. The van der Waals surface area contributed by atoms with Crippen molar-refractivity contribution in [1.82, 2.24) is 15.5 Å². The second-order valence-corrected chi connectivity index (χ2v) is 7.26. The molecule has 1 aromatic heterocycles. The summed E-state index contributed by atoms with van der Waals surface area (Å²) in [5.74, 6) is -0.0405. The predicted molar refractivity (Wildman–Crippen MR) is 100 cm³/mol. The smallest absolute Gasteiger partial charge is 0.272 e. The van der Waals surface area contributed by atoms with E-state index in [2.05, 4.69) is 15.5 Å². The molecule has 2 N–H and O–H groups in total. The van der Waals surface area contributed by atoms with Crippen molar-refractivity contribution in [3.8, 4) is 0 Å². The number of carbonyl (C=O) groups is 2. The van der Waals surface area contributed by atoms with Crippen LogP contribution in [0.15, 0.2) is 24.3 Å². The fourth-order valence-corrected chi connectivity index (χ4v) is 3.88. The summed E-state index contributed by atoms with van der Waals surface area (Å²) in [6, 6.07) is 7.75. The highest BCUT2D eigenvalue weighted by Crippen LogP contribution is 2.30. The van der Waals surface area contributed by atoms with Gasteiger partial charge in [-0.3, -0.25) is 14.7 Å². The second-order valence-electron chi connectivity index (χ2n) is 7.26. The van der Waals surface area contributed by atoms with Crippen molar-refractivity contribution in [1.29, 1.82) is 0 Å². The van der Waals surface area contributed by atoms with Crippen LogP contribution in [0.4, 0.5) is 5.69 Å². The van der Waals surface area contributed by atoms with E-state index in [4.69, 9.17) is 4.74 Å². The van der Waals surface area contributed by atoms with E-state index >= 15 is 0 Å². The molecule has 2 atom stereocenters. The van der Waals surface area contributed by atoms with E-state index in [0.29, 0.717) is 25.1 Å². The van der Waals surface area contributed by atoms with Crippen molar-refractivity contribution in [2.24, 2.45) is 0 Å². The van der Waals surface area contributed by atoms with E-state index in [1.54, 1.807) is 4.90 Å². The molecule has 1 fully saturated rings. The molecule has 7 nitrogen and oxygen atoms in total. The molecule has 0 unspecified atom stereocenters. The van der Waals surface area contributed by atoms with Crippen molar-refractivity contribution in [2.75, 3.05) is 11.4 Å². The maximum Gasteiger partial charge on any atom is 0.272 e. The number of H-pyrrole nitrogens is 1. The predicted octanol–water partition coefficient (Wildman–Crippen LogP) is 2.49. The van der Waals surface area contributed by atoms with E-state index < -0.39 is 0 Å². The number of rotatable bonds is 4. The highest BCUT2D eigenvalue weighted by molar-refractivity contribution is 5.95. The fourth-order valence-electron chi connectivity index (χ4n) is 3.88. The molecule has 2 aromatic rings. The van der Waals surface area contributed by atoms with Crippen LogP contribution in [0.3, 0.4) is 0 Å². The van der Waals surface area contributed by atoms with Gasteiger partial charge in [-0.2, -0.15) is 5.10 Å². The zero-order chi connectivity index (χ0) is 19.0. The van der Waals surface area contributed by atoms with E-state index in [1.807, 2.05) is 38.1 Å². The van der Waals surface area contributed by atoms with Crippen LogP contribution in [-0.4, -0.2) is 34.7 Å². The van der Waals surface area contributed by atoms with Gasteiger partial charge in [0.15, 0.2) is 5.69 Å². The maximum absolute atomic E-state index is 12.7. The number of ether oxygens (including phenoxy) is 1. The molecule has 2 amide bonds. The number of fused-ring (bicyclic) bond motifs is 1. The third-order valence-corrected chi connectivity index (χ3v) is 5.20. The van der Waals surface area contributed by atoms with E-state index in [1.165, 1.54) is 0 Å². The Balaban J connectivity index is 1.45. The molecule has 3 heterocycles. The Bertz CT molecular complexity index is 876. The van der Waals surface area contributed by atoms with Crippen LogP contribution in [-0.2, 0) is 22.5 Å². The summed E-state index contributed by atoms with van der Waals surface area (Å²) in [6.07, 6.45) is 2.14. The number of aromatic nitrogens is 2. The Morgan fingerprint density at radius 3 is 3.04 bits per heavy atom. The third-order valence-electron chi connectivity index (χ3n) is 5.20.